The van der Waals surface area contributed by atoms with Gasteiger partial charge in [0.25, 0.3) is 0 Å². The third-order valence-corrected chi connectivity index (χ3v) is 7.27. The number of hydrogen-bond acceptors (Lipinski definition) is 5. The number of nitrogens with zero attached hydrogens (tertiary/aromatic N) is 2. The monoisotopic (exact) mass is 573 g/mol. The highest BCUT2D eigenvalue weighted by Crippen LogP contribution is 2.25. The zero-order chi connectivity index (χ0) is 21.7. The normalized spacial score (nSPS) is 18.2. The average molecular weight is 574 g/mol. The SMILES string of the molecule is CN=C(NCc1ccc(S(=O)(=O)NC2CC2)cc1)NCC(c1ccco1)N1CCCC1.I. The summed E-state index contributed by atoms with van der Waals surface area (Å²) in [7, 11) is -1.68. The molecule has 32 heavy (non-hydrogen) atoms. The third kappa shape index (κ3) is 6.69. The Kier molecular flexibility index (Phi) is 8.97. The lowest BCUT2D eigenvalue weighted by Gasteiger charge is -2.26. The molecule has 1 saturated heterocycles. The standard InChI is InChI=1S/C22H31N5O3S.HI/c1-23-22(25-16-20(21-5-4-14-30-21)27-12-2-3-13-27)24-15-17-6-10-19(11-7-17)31(28,29)26-18-8-9-18;/h4-7,10-11,14,18,20,26H,2-3,8-9,12-13,15-16H2,1H3,(H2,23,24,25);1H. The maximum atomic E-state index is 12.3. The van der Waals surface area contributed by atoms with Crippen LogP contribution in [0, 0.1) is 0 Å². The Morgan fingerprint density at radius 2 is 1.88 bits per heavy atom. The fraction of sp³-hybridized carbons (Fsp3) is 0.500. The van der Waals surface area contributed by atoms with E-state index in [1.165, 1.54) is 12.8 Å². The number of benzene rings is 1. The summed E-state index contributed by atoms with van der Waals surface area (Å²) in [5.74, 6) is 1.66. The topological polar surface area (TPSA) is 99.0 Å². The number of nitrogens with one attached hydrogen (secondary N) is 3. The van der Waals surface area contributed by atoms with Crippen molar-refractivity contribution in [3.63, 3.8) is 0 Å². The molecule has 2 fully saturated rings. The van der Waals surface area contributed by atoms with E-state index >= 15 is 0 Å². The van der Waals surface area contributed by atoms with Crippen molar-refractivity contribution in [1.29, 1.82) is 0 Å². The lowest BCUT2D eigenvalue weighted by atomic mass is 10.2. The molecule has 10 heteroatoms. The van der Waals surface area contributed by atoms with Gasteiger partial charge in [-0.1, -0.05) is 12.1 Å². The van der Waals surface area contributed by atoms with E-state index in [2.05, 4.69) is 25.2 Å². The van der Waals surface area contributed by atoms with Crippen molar-refractivity contribution >= 4 is 40.0 Å². The van der Waals surface area contributed by atoms with Gasteiger partial charge in [0.1, 0.15) is 5.76 Å². The molecule has 8 nitrogen and oxygen atoms in total. The number of rotatable bonds is 9. The average Bonchev–Trinajstić information content (AvgIpc) is 3.22. The summed E-state index contributed by atoms with van der Waals surface area (Å²) in [4.78, 5) is 7.06. The Morgan fingerprint density at radius 1 is 1.16 bits per heavy atom. The van der Waals surface area contributed by atoms with E-state index < -0.39 is 10.0 Å². The molecule has 0 spiro atoms. The molecule has 1 aromatic heterocycles. The van der Waals surface area contributed by atoms with Gasteiger partial charge in [0.2, 0.25) is 10.0 Å². The number of halogens is 1. The minimum Gasteiger partial charge on any atom is -0.468 e. The highest BCUT2D eigenvalue weighted by atomic mass is 127. The first-order valence-corrected chi connectivity index (χ1v) is 12.4. The van der Waals surface area contributed by atoms with E-state index in [-0.39, 0.29) is 36.1 Å². The molecule has 1 atom stereocenters. The third-order valence-electron chi connectivity index (χ3n) is 5.73. The van der Waals surface area contributed by atoms with Gasteiger partial charge in [-0.2, -0.15) is 0 Å². The zero-order valence-electron chi connectivity index (χ0n) is 18.3. The number of guanidine groups is 1. The first-order chi connectivity index (χ1) is 15.0. The van der Waals surface area contributed by atoms with E-state index in [1.54, 1.807) is 25.4 Å². The molecule has 3 N–H and O–H groups in total. The quantitative estimate of drug-likeness (QED) is 0.243. The molecule has 2 heterocycles. The minimum atomic E-state index is -3.42. The van der Waals surface area contributed by atoms with Crippen molar-refractivity contribution in [3.8, 4) is 0 Å². The van der Waals surface area contributed by atoms with Crippen LogP contribution < -0.4 is 15.4 Å². The highest BCUT2D eigenvalue weighted by Gasteiger charge is 2.28. The van der Waals surface area contributed by atoms with Crippen LogP contribution in [0.2, 0.25) is 0 Å². The molecule has 1 aliphatic heterocycles. The Hall–Kier alpha value is -1.63. The van der Waals surface area contributed by atoms with Gasteiger partial charge in [-0.3, -0.25) is 9.89 Å². The van der Waals surface area contributed by atoms with Crippen LogP contribution in [0.4, 0.5) is 0 Å². The van der Waals surface area contributed by atoms with Crippen molar-refractivity contribution in [3.05, 3.63) is 54.0 Å². The summed E-state index contributed by atoms with van der Waals surface area (Å²) < 4.78 is 33.0. The lowest BCUT2D eigenvalue weighted by molar-refractivity contribution is 0.215. The van der Waals surface area contributed by atoms with Crippen LogP contribution in [-0.2, 0) is 16.6 Å². The molecule has 0 radical (unpaired) electrons. The predicted octanol–water partition coefficient (Wildman–Crippen LogP) is 2.84. The molecule has 2 aliphatic rings. The van der Waals surface area contributed by atoms with E-state index in [0.29, 0.717) is 23.9 Å². The molecule has 2 aromatic rings. The number of likely N-dealkylation sites (tertiary alicyclic amines) is 1. The van der Waals surface area contributed by atoms with Crippen LogP contribution in [-0.4, -0.2) is 52.0 Å². The first kappa shape index (κ1) is 25.0. The van der Waals surface area contributed by atoms with Crippen molar-refractivity contribution in [2.45, 2.75) is 49.2 Å². The smallest absolute Gasteiger partial charge is 0.240 e. The van der Waals surface area contributed by atoms with Crippen molar-refractivity contribution in [1.82, 2.24) is 20.3 Å². The summed E-state index contributed by atoms with van der Waals surface area (Å²) in [5, 5.41) is 6.70. The van der Waals surface area contributed by atoms with E-state index in [4.69, 9.17) is 4.42 Å². The van der Waals surface area contributed by atoms with Crippen LogP contribution in [0.15, 0.2) is 57.0 Å². The molecule has 1 saturated carbocycles. The fourth-order valence-corrected chi connectivity index (χ4v) is 5.12. The number of sulfonamides is 1. The maximum absolute atomic E-state index is 12.3. The van der Waals surface area contributed by atoms with Crippen LogP contribution in [0.5, 0.6) is 0 Å². The van der Waals surface area contributed by atoms with Crippen molar-refractivity contribution in [2.24, 2.45) is 4.99 Å². The molecular formula is C22H32IN5O3S. The van der Waals surface area contributed by atoms with Crippen molar-refractivity contribution < 1.29 is 12.8 Å². The van der Waals surface area contributed by atoms with E-state index in [0.717, 1.165) is 37.3 Å². The van der Waals surface area contributed by atoms with Gasteiger partial charge in [-0.25, -0.2) is 13.1 Å². The summed E-state index contributed by atoms with van der Waals surface area (Å²) in [6.07, 6.45) is 5.99. The molecule has 1 unspecified atom stereocenters. The van der Waals surface area contributed by atoms with Crippen LogP contribution in [0.1, 0.15) is 43.0 Å². The molecule has 0 amide bonds. The largest absolute Gasteiger partial charge is 0.468 e. The molecule has 176 valence electrons. The first-order valence-electron chi connectivity index (χ1n) is 10.9. The second-order valence-corrected chi connectivity index (χ2v) is 9.83. The van der Waals surface area contributed by atoms with Crippen LogP contribution in [0.3, 0.4) is 0 Å². The highest BCUT2D eigenvalue weighted by molar-refractivity contribution is 14.0. The maximum Gasteiger partial charge on any atom is 0.240 e. The predicted molar refractivity (Wildman–Crippen MR) is 136 cm³/mol. The Morgan fingerprint density at radius 3 is 2.47 bits per heavy atom. The molecule has 1 aliphatic carbocycles. The van der Waals surface area contributed by atoms with Gasteiger partial charge in [-0.05, 0) is 68.6 Å². The second-order valence-electron chi connectivity index (χ2n) is 8.12. The number of hydrogen-bond donors (Lipinski definition) is 3. The molecule has 1 aromatic carbocycles. The Bertz CT molecular complexity index is 970. The van der Waals surface area contributed by atoms with Gasteiger partial charge in [0.05, 0.1) is 17.2 Å². The van der Waals surface area contributed by atoms with Gasteiger partial charge in [0, 0.05) is 26.2 Å². The van der Waals surface area contributed by atoms with Gasteiger partial charge < -0.3 is 15.1 Å². The Balaban J connectivity index is 0.00000289. The number of aliphatic imine (C=N–C) groups is 1. The fourth-order valence-electron chi connectivity index (χ4n) is 3.82. The summed E-state index contributed by atoms with van der Waals surface area (Å²) >= 11 is 0. The van der Waals surface area contributed by atoms with E-state index in [9.17, 15) is 8.42 Å². The lowest BCUT2D eigenvalue weighted by Crippen LogP contribution is -2.42. The molecular weight excluding hydrogens is 541 g/mol. The summed E-state index contributed by atoms with van der Waals surface area (Å²) in [5.41, 5.74) is 0.982. The van der Waals surface area contributed by atoms with Gasteiger partial charge >= 0.3 is 0 Å². The van der Waals surface area contributed by atoms with Crippen LogP contribution >= 0.6 is 24.0 Å². The summed E-state index contributed by atoms with van der Waals surface area (Å²) in [6.45, 7) is 3.39. The Labute approximate surface area is 207 Å². The zero-order valence-corrected chi connectivity index (χ0v) is 21.4. The minimum absolute atomic E-state index is 0. The molecule has 0 bridgehead atoms. The van der Waals surface area contributed by atoms with Gasteiger partial charge in [0.15, 0.2) is 5.96 Å². The molecule has 4 rings (SSSR count). The summed E-state index contributed by atoms with van der Waals surface area (Å²) in [6, 6.07) is 11.2. The van der Waals surface area contributed by atoms with Crippen LogP contribution in [0.25, 0.3) is 0 Å². The van der Waals surface area contributed by atoms with Crippen molar-refractivity contribution in [2.75, 3.05) is 26.7 Å². The van der Waals surface area contributed by atoms with E-state index in [1.807, 2.05) is 24.3 Å². The van der Waals surface area contributed by atoms with Gasteiger partial charge in [-0.15, -0.1) is 24.0 Å². The second kappa shape index (κ2) is 11.5. The number of furan rings is 1.